The summed E-state index contributed by atoms with van der Waals surface area (Å²) >= 11 is 1.52. The van der Waals surface area contributed by atoms with Crippen LogP contribution in [0.3, 0.4) is 0 Å². The largest absolute Gasteiger partial charge is 0.337 e. The Bertz CT molecular complexity index is 793. The topological polar surface area (TPSA) is 36.4 Å². The van der Waals surface area contributed by atoms with Gasteiger partial charge in [-0.2, -0.15) is 0 Å². The van der Waals surface area contributed by atoms with Gasteiger partial charge in [0.1, 0.15) is 9.88 Å². The summed E-state index contributed by atoms with van der Waals surface area (Å²) in [5, 5.41) is 0.941. The number of carbonyl (C=O) groups is 1. The lowest BCUT2D eigenvalue weighted by Gasteiger charge is -2.25. The molecule has 1 aromatic carbocycles. The molecule has 1 aromatic heterocycles. The van der Waals surface area contributed by atoms with Crippen LogP contribution in [-0.4, -0.2) is 53.4 Å². The summed E-state index contributed by atoms with van der Waals surface area (Å²) < 4.78 is 0. The molecular weight excluding hydrogens is 354 g/mol. The molecule has 2 aromatic rings. The molecule has 0 saturated heterocycles. The fourth-order valence-corrected chi connectivity index (χ4v) is 4.37. The van der Waals surface area contributed by atoms with E-state index in [1.165, 1.54) is 28.0 Å². The molecule has 0 fully saturated rings. The second-order valence-corrected chi connectivity index (χ2v) is 8.10. The molecule has 0 radical (unpaired) electrons. The van der Waals surface area contributed by atoms with Crippen molar-refractivity contribution in [2.75, 3.05) is 32.7 Å². The van der Waals surface area contributed by atoms with Gasteiger partial charge < -0.3 is 9.80 Å². The summed E-state index contributed by atoms with van der Waals surface area (Å²) in [7, 11) is 0. The van der Waals surface area contributed by atoms with Gasteiger partial charge in [-0.3, -0.25) is 4.79 Å². The first-order valence-electron chi connectivity index (χ1n) is 9.89. The molecule has 1 amide bonds. The average Bonchev–Trinajstić information content (AvgIpc) is 3.03. The minimum atomic E-state index is 0.104. The van der Waals surface area contributed by atoms with Gasteiger partial charge in [-0.15, -0.1) is 11.3 Å². The number of thiazole rings is 1. The Kier molecular flexibility index (Phi) is 7.57. The SMILES string of the molecule is CCN(CC)CCN(CC)C(=O)c1sc(-c2cc(C)c(C)cc2C)nc1C. The number of aromatic nitrogens is 1. The number of rotatable bonds is 8. The molecule has 0 saturated carbocycles. The van der Waals surface area contributed by atoms with E-state index in [-0.39, 0.29) is 5.91 Å². The third-order valence-electron chi connectivity index (χ3n) is 5.31. The van der Waals surface area contributed by atoms with Crippen LogP contribution in [0.4, 0.5) is 0 Å². The molecule has 2 rings (SSSR count). The summed E-state index contributed by atoms with van der Waals surface area (Å²) in [6.45, 7) is 19.1. The Hall–Kier alpha value is -1.72. The van der Waals surface area contributed by atoms with Crippen LogP contribution in [-0.2, 0) is 0 Å². The Balaban J connectivity index is 2.26. The van der Waals surface area contributed by atoms with E-state index in [9.17, 15) is 4.79 Å². The Morgan fingerprint density at radius 2 is 1.56 bits per heavy atom. The maximum Gasteiger partial charge on any atom is 0.265 e. The summed E-state index contributed by atoms with van der Waals surface area (Å²) in [5.41, 5.74) is 5.72. The van der Waals surface area contributed by atoms with Gasteiger partial charge in [0, 0.05) is 25.2 Å². The van der Waals surface area contributed by atoms with E-state index in [1.54, 1.807) is 0 Å². The highest BCUT2D eigenvalue weighted by Gasteiger charge is 2.22. The summed E-state index contributed by atoms with van der Waals surface area (Å²) in [6.07, 6.45) is 0. The van der Waals surface area contributed by atoms with Gasteiger partial charge in [-0.25, -0.2) is 4.98 Å². The first-order chi connectivity index (χ1) is 12.8. The number of hydrogen-bond acceptors (Lipinski definition) is 4. The van der Waals surface area contributed by atoms with E-state index >= 15 is 0 Å². The third kappa shape index (κ3) is 4.96. The van der Waals surface area contributed by atoms with E-state index in [0.717, 1.165) is 53.9 Å². The van der Waals surface area contributed by atoms with Crippen LogP contribution in [0.25, 0.3) is 10.6 Å². The van der Waals surface area contributed by atoms with Crippen LogP contribution in [0.15, 0.2) is 12.1 Å². The van der Waals surface area contributed by atoms with Crippen molar-refractivity contribution in [3.8, 4) is 10.6 Å². The number of nitrogens with zero attached hydrogens (tertiary/aromatic N) is 3. The van der Waals surface area contributed by atoms with Crippen LogP contribution in [0.2, 0.25) is 0 Å². The normalized spacial score (nSPS) is 11.3. The molecular formula is C22H33N3OS. The Morgan fingerprint density at radius 3 is 2.15 bits per heavy atom. The Labute approximate surface area is 168 Å². The van der Waals surface area contributed by atoms with E-state index in [4.69, 9.17) is 4.98 Å². The van der Waals surface area contributed by atoms with Gasteiger partial charge in [0.15, 0.2) is 0 Å². The maximum atomic E-state index is 13.1. The van der Waals surface area contributed by atoms with Crippen molar-refractivity contribution >= 4 is 17.2 Å². The van der Waals surface area contributed by atoms with Crippen LogP contribution < -0.4 is 0 Å². The molecule has 0 spiro atoms. The van der Waals surface area contributed by atoms with E-state index < -0.39 is 0 Å². The van der Waals surface area contributed by atoms with Crippen molar-refractivity contribution in [3.05, 3.63) is 39.4 Å². The average molecular weight is 388 g/mol. The van der Waals surface area contributed by atoms with Gasteiger partial charge in [0.05, 0.1) is 5.69 Å². The van der Waals surface area contributed by atoms with Gasteiger partial charge in [-0.05, 0) is 70.5 Å². The fourth-order valence-electron chi connectivity index (χ4n) is 3.25. The standard InChI is InChI=1S/C22H33N3OS/c1-8-24(9-2)11-12-25(10-3)22(26)20-18(7)23-21(27-20)19-14-16(5)15(4)13-17(19)6/h13-14H,8-12H2,1-7H3. The van der Waals surface area contributed by atoms with Crippen molar-refractivity contribution in [1.82, 2.24) is 14.8 Å². The van der Waals surface area contributed by atoms with Gasteiger partial charge in [0.2, 0.25) is 0 Å². The lowest BCUT2D eigenvalue weighted by Crippen LogP contribution is -2.38. The minimum absolute atomic E-state index is 0.104. The highest BCUT2D eigenvalue weighted by atomic mass is 32.1. The van der Waals surface area contributed by atoms with Crippen molar-refractivity contribution in [2.45, 2.75) is 48.5 Å². The molecule has 0 aliphatic rings. The Morgan fingerprint density at radius 1 is 0.926 bits per heavy atom. The van der Waals surface area contributed by atoms with E-state index in [2.05, 4.69) is 51.7 Å². The lowest BCUT2D eigenvalue weighted by atomic mass is 10.0. The molecule has 0 bridgehead atoms. The molecule has 27 heavy (non-hydrogen) atoms. The van der Waals surface area contributed by atoms with Crippen molar-refractivity contribution < 1.29 is 4.79 Å². The number of amides is 1. The zero-order valence-corrected chi connectivity index (χ0v) is 18.7. The smallest absolute Gasteiger partial charge is 0.265 e. The third-order valence-corrected chi connectivity index (χ3v) is 6.49. The number of hydrogen-bond donors (Lipinski definition) is 0. The first-order valence-corrected chi connectivity index (χ1v) is 10.7. The van der Waals surface area contributed by atoms with Crippen molar-refractivity contribution in [2.24, 2.45) is 0 Å². The minimum Gasteiger partial charge on any atom is -0.337 e. The van der Waals surface area contributed by atoms with Crippen molar-refractivity contribution in [3.63, 3.8) is 0 Å². The highest BCUT2D eigenvalue weighted by molar-refractivity contribution is 7.17. The molecule has 0 N–H and O–H groups in total. The van der Waals surface area contributed by atoms with Crippen LogP contribution in [0.5, 0.6) is 0 Å². The summed E-state index contributed by atoms with van der Waals surface area (Å²) in [4.78, 5) is 22.9. The number of carbonyl (C=O) groups excluding carboxylic acids is 1. The molecule has 0 aliphatic heterocycles. The molecule has 0 aliphatic carbocycles. The molecule has 0 atom stereocenters. The number of benzene rings is 1. The van der Waals surface area contributed by atoms with E-state index in [0.29, 0.717) is 0 Å². The predicted octanol–water partition coefficient (Wildman–Crippen LogP) is 4.85. The molecule has 1 heterocycles. The maximum absolute atomic E-state index is 13.1. The molecule has 148 valence electrons. The summed E-state index contributed by atoms with van der Waals surface area (Å²) in [5.74, 6) is 0.104. The monoisotopic (exact) mass is 387 g/mol. The highest BCUT2D eigenvalue weighted by Crippen LogP contribution is 2.32. The zero-order chi connectivity index (χ0) is 20.1. The van der Waals surface area contributed by atoms with Gasteiger partial charge in [0.25, 0.3) is 5.91 Å². The molecule has 4 nitrogen and oxygen atoms in total. The first kappa shape index (κ1) is 21.6. The number of aryl methyl sites for hydroxylation is 4. The quantitative estimate of drug-likeness (QED) is 0.650. The molecule has 0 unspecified atom stereocenters. The van der Waals surface area contributed by atoms with E-state index in [1.807, 2.05) is 18.7 Å². The zero-order valence-electron chi connectivity index (χ0n) is 17.8. The summed E-state index contributed by atoms with van der Waals surface area (Å²) in [6, 6.07) is 4.39. The van der Waals surface area contributed by atoms with Crippen LogP contribution in [0, 0.1) is 27.7 Å². The lowest BCUT2D eigenvalue weighted by molar-refractivity contribution is 0.0750. The fraction of sp³-hybridized carbons (Fsp3) is 0.545. The second kappa shape index (κ2) is 9.47. The van der Waals surface area contributed by atoms with Crippen LogP contribution >= 0.6 is 11.3 Å². The van der Waals surface area contributed by atoms with Crippen molar-refractivity contribution in [1.29, 1.82) is 0 Å². The van der Waals surface area contributed by atoms with Crippen LogP contribution in [0.1, 0.15) is 52.8 Å². The second-order valence-electron chi connectivity index (χ2n) is 7.10. The molecule has 5 heteroatoms. The van der Waals surface area contributed by atoms with Gasteiger partial charge >= 0.3 is 0 Å². The number of likely N-dealkylation sites (N-methyl/N-ethyl adjacent to an activating group) is 2. The predicted molar refractivity (Wildman–Crippen MR) is 116 cm³/mol. The van der Waals surface area contributed by atoms with Gasteiger partial charge in [-0.1, -0.05) is 19.9 Å².